The van der Waals surface area contributed by atoms with Crippen LogP contribution in [0.2, 0.25) is 0 Å². The summed E-state index contributed by atoms with van der Waals surface area (Å²) >= 11 is 0. The van der Waals surface area contributed by atoms with E-state index in [9.17, 15) is 5.11 Å². The van der Waals surface area contributed by atoms with Crippen molar-refractivity contribution in [2.45, 2.75) is 13.0 Å². The Labute approximate surface area is 77.8 Å². The highest BCUT2D eigenvalue weighted by Gasteiger charge is 2.14. The van der Waals surface area contributed by atoms with Gasteiger partial charge in [0.05, 0.1) is 6.10 Å². The average Bonchev–Trinajstić information content (AvgIpc) is 2.17. The van der Waals surface area contributed by atoms with E-state index in [1.54, 1.807) is 31.2 Å². The number of nitrogens with two attached hydrogens (primary N) is 1. The number of aliphatic hydroxyl groups excluding tert-OH is 2. The van der Waals surface area contributed by atoms with Crippen molar-refractivity contribution in [1.82, 2.24) is 0 Å². The zero-order chi connectivity index (χ0) is 9.84. The average molecular weight is 181 g/mol. The van der Waals surface area contributed by atoms with Crippen LogP contribution in [0.4, 0.5) is 5.69 Å². The van der Waals surface area contributed by atoms with Crippen molar-refractivity contribution in [3.63, 3.8) is 0 Å². The van der Waals surface area contributed by atoms with Gasteiger partial charge < -0.3 is 15.9 Å². The van der Waals surface area contributed by atoms with Crippen molar-refractivity contribution < 1.29 is 10.2 Å². The number of hydrogen-bond acceptors (Lipinski definition) is 3. The maximum atomic E-state index is 9.68. The third-order valence-corrected chi connectivity index (χ3v) is 2.10. The first kappa shape index (κ1) is 10.0. The van der Waals surface area contributed by atoms with Crippen molar-refractivity contribution in [3.05, 3.63) is 29.8 Å². The molecule has 0 fully saturated rings. The number of hydrogen-bond donors (Lipinski definition) is 3. The van der Waals surface area contributed by atoms with Gasteiger partial charge in [-0.25, -0.2) is 0 Å². The van der Waals surface area contributed by atoms with Gasteiger partial charge in [0.2, 0.25) is 0 Å². The molecule has 3 nitrogen and oxygen atoms in total. The third kappa shape index (κ3) is 2.44. The Bertz CT molecular complexity index is 258. The summed E-state index contributed by atoms with van der Waals surface area (Å²) in [6.45, 7) is 1.77. The predicted molar refractivity (Wildman–Crippen MR) is 52.1 cm³/mol. The normalized spacial score (nSPS) is 15.3. The Morgan fingerprint density at radius 1 is 1.31 bits per heavy atom. The second-order valence-electron chi connectivity index (χ2n) is 3.27. The molecule has 13 heavy (non-hydrogen) atoms. The van der Waals surface area contributed by atoms with Crippen molar-refractivity contribution in [3.8, 4) is 0 Å². The molecule has 0 aliphatic rings. The van der Waals surface area contributed by atoms with Crippen molar-refractivity contribution in [2.75, 3.05) is 12.3 Å². The van der Waals surface area contributed by atoms with Gasteiger partial charge in [0.25, 0.3) is 0 Å². The highest BCUT2D eigenvalue weighted by molar-refractivity contribution is 5.39. The standard InChI is InChI=1S/C10H15NO2/c1-7(6-12)10(13)8-2-4-9(11)5-3-8/h2-5,7,10,12-13H,6,11H2,1H3. The monoisotopic (exact) mass is 181 g/mol. The van der Waals surface area contributed by atoms with Gasteiger partial charge in [0.1, 0.15) is 0 Å². The molecule has 1 rings (SSSR count). The van der Waals surface area contributed by atoms with Gasteiger partial charge >= 0.3 is 0 Å². The first-order valence-electron chi connectivity index (χ1n) is 4.29. The van der Waals surface area contributed by atoms with E-state index in [0.29, 0.717) is 5.69 Å². The van der Waals surface area contributed by atoms with E-state index in [0.717, 1.165) is 5.56 Å². The molecule has 3 heteroatoms. The van der Waals surface area contributed by atoms with Crippen LogP contribution in [0.25, 0.3) is 0 Å². The lowest BCUT2D eigenvalue weighted by atomic mass is 9.98. The SMILES string of the molecule is CC(CO)C(O)c1ccc(N)cc1. The summed E-state index contributed by atoms with van der Waals surface area (Å²) in [5.74, 6) is -0.149. The van der Waals surface area contributed by atoms with Gasteiger partial charge in [0, 0.05) is 18.2 Å². The van der Waals surface area contributed by atoms with Crippen LogP contribution in [0.15, 0.2) is 24.3 Å². The van der Waals surface area contributed by atoms with Crippen LogP contribution < -0.4 is 5.73 Å². The first-order valence-corrected chi connectivity index (χ1v) is 4.29. The van der Waals surface area contributed by atoms with Crippen LogP contribution in [0.5, 0.6) is 0 Å². The molecule has 0 saturated carbocycles. The number of nitrogen functional groups attached to an aromatic ring is 1. The minimum atomic E-state index is -0.620. The van der Waals surface area contributed by atoms with Gasteiger partial charge in [-0.1, -0.05) is 19.1 Å². The zero-order valence-electron chi connectivity index (χ0n) is 7.64. The number of benzene rings is 1. The summed E-state index contributed by atoms with van der Waals surface area (Å²) < 4.78 is 0. The Morgan fingerprint density at radius 3 is 2.31 bits per heavy atom. The molecule has 0 aliphatic heterocycles. The summed E-state index contributed by atoms with van der Waals surface area (Å²) in [4.78, 5) is 0. The van der Waals surface area contributed by atoms with Crippen LogP contribution in [-0.2, 0) is 0 Å². The molecule has 0 radical (unpaired) electrons. The van der Waals surface area contributed by atoms with E-state index in [4.69, 9.17) is 10.8 Å². The fourth-order valence-corrected chi connectivity index (χ4v) is 1.12. The van der Waals surface area contributed by atoms with Crippen molar-refractivity contribution in [2.24, 2.45) is 5.92 Å². The lowest BCUT2D eigenvalue weighted by Gasteiger charge is -2.16. The molecule has 0 bridgehead atoms. The van der Waals surface area contributed by atoms with E-state index in [-0.39, 0.29) is 12.5 Å². The Morgan fingerprint density at radius 2 is 1.85 bits per heavy atom. The minimum absolute atomic E-state index is 0.0223. The van der Waals surface area contributed by atoms with Crippen LogP contribution >= 0.6 is 0 Å². The highest BCUT2D eigenvalue weighted by Crippen LogP contribution is 2.21. The summed E-state index contributed by atoms with van der Waals surface area (Å²) in [5, 5.41) is 18.5. The molecule has 2 unspecified atom stereocenters. The Balaban J connectivity index is 2.77. The van der Waals surface area contributed by atoms with E-state index in [1.165, 1.54) is 0 Å². The Hall–Kier alpha value is -1.06. The number of rotatable bonds is 3. The molecule has 2 atom stereocenters. The van der Waals surface area contributed by atoms with Gasteiger partial charge in [-0.2, -0.15) is 0 Å². The molecule has 0 spiro atoms. The topological polar surface area (TPSA) is 66.5 Å². The molecule has 0 aliphatic carbocycles. The van der Waals surface area contributed by atoms with Crippen LogP contribution in [0.1, 0.15) is 18.6 Å². The molecule has 0 aromatic heterocycles. The quantitative estimate of drug-likeness (QED) is 0.608. The maximum Gasteiger partial charge on any atom is 0.0837 e. The van der Waals surface area contributed by atoms with Crippen LogP contribution in [-0.4, -0.2) is 16.8 Å². The second-order valence-corrected chi connectivity index (χ2v) is 3.27. The molecule has 72 valence electrons. The van der Waals surface area contributed by atoms with Gasteiger partial charge in [-0.15, -0.1) is 0 Å². The van der Waals surface area contributed by atoms with E-state index in [1.807, 2.05) is 0 Å². The van der Waals surface area contributed by atoms with Gasteiger partial charge in [-0.3, -0.25) is 0 Å². The third-order valence-electron chi connectivity index (χ3n) is 2.10. The maximum absolute atomic E-state index is 9.68. The van der Waals surface area contributed by atoms with Gasteiger partial charge in [0.15, 0.2) is 0 Å². The fraction of sp³-hybridized carbons (Fsp3) is 0.400. The highest BCUT2D eigenvalue weighted by atomic mass is 16.3. The van der Waals surface area contributed by atoms with E-state index < -0.39 is 6.10 Å². The van der Waals surface area contributed by atoms with Crippen molar-refractivity contribution >= 4 is 5.69 Å². The van der Waals surface area contributed by atoms with Crippen molar-refractivity contribution in [1.29, 1.82) is 0 Å². The molecule has 1 aromatic carbocycles. The number of anilines is 1. The van der Waals surface area contributed by atoms with E-state index in [2.05, 4.69) is 0 Å². The summed E-state index contributed by atoms with van der Waals surface area (Å²) in [6, 6.07) is 7.02. The van der Waals surface area contributed by atoms with Crippen LogP contribution in [0.3, 0.4) is 0 Å². The smallest absolute Gasteiger partial charge is 0.0837 e. The largest absolute Gasteiger partial charge is 0.399 e. The summed E-state index contributed by atoms with van der Waals surface area (Å²) in [7, 11) is 0. The van der Waals surface area contributed by atoms with Crippen LogP contribution in [0, 0.1) is 5.92 Å². The molecule has 0 heterocycles. The van der Waals surface area contributed by atoms with Gasteiger partial charge in [-0.05, 0) is 17.7 Å². The Kier molecular flexibility index (Phi) is 3.28. The molecule has 1 aromatic rings. The minimum Gasteiger partial charge on any atom is -0.399 e. The molecular formula is C10H15NO2. The fourth-order valence-electron chi connectivity index (χ4n) is 1.12. The predicted octanol–water partition coefficient (Wildman–Crippen LogP) is 0.931. The first-order chi connectivity index (χ1) is 6.15. The summed E-state index contributed by atoms with van der Waals surface area (Å²) in [6.07, 6.45) is -0.620. The second kappa shape index (κ2) is 4.25. The molecule has 0 amide bonds. The molecule has 4 N–H and O–H groups in total. The summed E-state index contributed by atoms with van der Waals surface area (Å²) in [5.41, 5.74) is 6.97. The molecular weight excluding hydrogens is 166 g/mol. The molecule has 0 saturated heterocycles. The lowest BCUT2D eigenvalue weighted by Crippen LogP contribution is -2.12. The lowest BCUT2D eigenvalue weighted by molar-refractivity contribution is 0.0770. The van der Waals surface area contributed by atoms with E-state index >= 15 is 0 Å². The number of aliphatic hydroxyl groups is 2. The zero-order valence-corrected chi connectivity index (χ0v) is 7.64.